The Labute approximate surface area is 63.6 Å². The van der Waals surface area contributed by atoms with Crippen LogP contribution in [0.4, 0.5) is 0 Å². The molecule has 0 heterocycles. The van der Waals surface area contributed by atoms with Gasteiger partial charge in [0.1, 0.15) is 6.10 Å². The zero-order valence-electron chi connectivity index (χ0n) is 5.97. The van der Waals surface area contributed by atoms with Crippen molar-refractivity contribution in [2.45, 2.75) is 31.4 Å². The van der Waals surface area contributed by atoms with Gasteiger partial charge in [-0.15, -0.1) is 0 Å². The van der Waals surface area contributed by atoms with Crippen LogP contribution in [0.1, 0.15) is 19.3 Å². The lowest BCUT2D eigenvalue weighted by Crippen LogP contribution is -2.34. The van der Waals surface area contributed by atoms with Crippen LogP contribution in [0.15, 0.2) is 5.11 Å². The molecule has 0 aliphatic heterocycles. The molecule has 1 N–H and O–H groups in total. The first kappa shape index (κ1) is 8.04. The smallest absolute Gasteiger partial charge is 0.170 e. The molecule has 5 nitrogen and oxygen atoms in total. The summed E-state index contributed by atoms with van der Waals surface area (Å²) in [7, 11) is 0. The van der Waals surface area contributed by atoms with Gasteiger partial charge in [0.25, 0.3) is 0 Å². The quantitative estimate of drug-likeness (QED) is 0.344. The van der Waals surface area contributed by atoms with Crippen molar-refractivity contribution < 1.29 is 9.90 Å². The highest BCUT2D eigenvalue weighted by Crippen LogP contribution is 2.17. The summed E-state index contributed by atoms with van der Waals surface area (Å²) >= 11 is 0. The molecular formula is C6H9N3O2. The summed E-state index contributed by atoms with van der Waals surface area (Å²) in [6.45, 7) is 0. The number of aliphatic hydroxyl groups excluding tert-OH is 1. The van der Waals surface area contributed by atoms with Gasteiger partial charge >= 0.3 is 0 Å². The highest BCUT2D eigenvalue weighted by atomic mass is 16.3. The Bertz CT molecular complexity index is 210. The Kier molecular flexibility index (Phi) is 2.46. The largest absolute Gasteiger partial charge is 0.385 e. The molecule has 0 bridgehead atoms. The number of hydrogen-bond donors (Lipinski definition) is 1. The number of hydrogen-bond acceptors (Lipinski definition) is 3. The van der Waals surface area contributed by atoms with E-state index in [1.165, 1.54) is 0 Å². The van der Waals surface area contributed by atoms with E-state index >= 15 is 0 Å². The minimum atomic E-state index is -0.917. The molecule has 0 radical (unpaired) electrons. The van der Waals surface area contributed by atoms with Crippen molar-refractivity contribution >= 4 is 5.78 Å². The first-order valence-electron chi connectivity index (χ1n) is 3.51. The molecule has 0 saturated heterocycles. The van der Waals surface area contributed by atoms with Crippen molar-refractivity contribution in [1.82, 2.24) is 0 Å². The average Bonchev–Trinajstić information content (AvgIpc) is 1.99. The Hall–Kier alpha value is -1.06. The number of azide groups is 1. The van der Waals surface area contributed by atoms with Crippen LogP contribution >= 0.6 is 0 Å². The van der Waals surface area contributed by atoms with Crippen molar-refractivity contribution in [3.05, 3.63) is 10.4 Å². The summed E-state index contributed by atoms with van der Waals surface area (Å²) < 4.78 is 0. The zero-order chi connectivity index (χ0) is 8.27. The van der Waals surface area contributed by atoms with E-state index in [2.05, 4.69) is 10.0 Å². The van der Waals surface area contributed by atoms with Gasteiger partial charge in [-0.25, -0.2) is 0 Å². The predicted molar refractivity (Wildman–Crippen MR) is 37.8 cm³/mol. The third kappa shape index (κ3) is 1.69. The standard InChI is InChI=1S/C6H9N3O2/c7-9-8-4-2-1-3-5(10)6(4)11/h4-5,10H,1-3H2/t4-,5?/m0/s1. The minimum absolute atomic E-state index is 0.339. The van der Waals surface area contributed by atoms with E-state index in [1.54, 1.807) is 0 Å². The van der Waals surface area contributed by atoms with Gasteiger partial charge in [0.2, 0.25) is 0 Å². The zero-order valence-corrected chi connectivity index (χ0v) is 5.97. The molecule has 1 unspecified atom stereocenters. The van der Waals surface area contributed by atoms with Crippen molar-refractivity contribution in [1.29, 1.82) is 0 Å². The van der Waals surface area contributed by atoms with Crippen LogP contribution in [0.3, 0.4) is 0 Å². The van der Waals surface area contributed by atoms with E-state index in [4.69, 9.17) is 10.6 Å². The molecule has 5 heteroatoms. The van der Waals surface area contributed by atoms with Crippen molar-refractivity contribution in [3.8, 4) is 0 Å². The molecule has 1 rings (SSSR count). The van der Waals surface area contributed by atoms with Crippen LogP contribution in [0.2, 0.25) is 0 Å². The van der Waals surface area contributed by atoms with E-state index < -0.39 is 12.1 Å². The second-order valence-electron chi connectivity index (χ2n) is 2.57. The third-order valence-electron chi connectivity index (χ3n) is 1.80. The first-order chi connectivity index (χ1) is 5.25. The minimum Gasteiger partial charge on any atom is -0.385 e. The molecule has 1 saturated carbocycles. The Morgan fingerprint density at radius 2 is 2.36 bits per heavy atom. The molecule has 11 heavy (non-hydrogen) atoms. The fourth-order valence-corrected chi connectivity index (χ4v) is 1.19. The fourth-order valence-electron chi connectivity index (χ4n) is 1.19. The van der Waals surface area contributed by atoms with Crippen LogP contribution < -0.4 is 0 Å². The Morgan fingerprint density at radius 3 is 3.00 bits per heavy atom. The number of carbonyl (C=O) groups is 1. The summed E-state index contributed by atoms with van der Waals surface area (Å²) in [4.78, 5) is 13.5. The summed E-state index contributed by atoms with van der Waals surface area (Å²) in [5.41, 5.74) is 8.05. The average molecular weight is 155 g/mol. The third-order valence-corrected chi connectivity index (χ3v) is 1.80. The molecule has 1 fully saturated rings. The number of aliphatic hydroxyl groups is 1. The molecule has 0 aromatic carbocycles. The Morgan fingerprint density at radius 1 is 1.64 bits per heavy atom. The van der Waals surface area contributed by atoms with E-state index in [-0.39, 0.29) is 5.78 Å². The lowest BCUT2D eigenvalue weighted by Gasteiger charge is -2.20. The highest BCUT2D eigenvalue weighted by Gasteiger charge is 2.28. The molecule has 0 amide bonds. The topological polar surface area (TPSA) is 86.1 Å². The van der Waals surface area contributed by atoms with Gasteiger partial charge in [0.15, 0.2) is 5.78 Å². The maximum atomic E-state index is 11.0. The van der Waals surface area contributed by atoms with Crippen LogP contribution in [0, 0.1) is 0 Å². The molecule has 60 valence electrons. The number of rotatable bonds is 1. The lowest BCUT2D eigenvalue weighted by atomic mass is 9.92. The highest BCUT2D eigenvalue weighted by molar-refractivity contribution is 5.88. The summed E-state index contributed by atoms with van der Waals surface area (Å²) in [6.07, 6.45) is 0.895. The number of ketones is 1. The maximum Gasteiger partial charge on any atom is 0.170 e. The van der Waals surface area contributed by atoms with Gasteiger partial charge in [0.05, 0.1) is 6.04 Å². The summed E-state index contributed by atoms with van der Waals surface area (Å²) in [6, 6.07) is -0.635. The predicted octanol–water partition coefficient (Wildman–Crippen LogP) is 0.779. The maximum absolute atomic E-state index is 11.0. The van der Waals surface area contributed by atoms with Crippen LogP contribution in [0.5, 0.6) is 0 Å². The normalized spacial score (nSPS) is 31.2. The number of carbonyl (C=O) groups excluding carboxylic acids is 1. The first-order valence-corrected chi connectivity index (χ1v) is 3.51. The van der Waals surface area contributed by atoms with E-state index in [9.17, 15) is 4.79 Å². The van der Waals surface area contributed by atoms with Crippen molar-refractivity contribution in [3.63, 3.8) is 0 Å². The van der Waals surface area contributed by atoms with Crippen molar-refractivity contribution in [2.24, 2.45) is 5.11 Å². The Balaban J connectivity index is 2.65. The van der Waals surface area contributed by atoms with Crippen LogP contribution in [-0.2, 0) is 4.79 Å². The van der Waals surface area contributed by atoms with Crippen molar-refractivity contribution in [2.75, 3.05) is 0 Å². The second-order valence-corrected chi connectivity index (χ2v) is 2.57. The SMILES string of the molecule is [N-]=[N+]=N[C@H]1CCCC(O)C1=O. The van der Waals surface area contributed by atoms with Gasteiger partial charge in [-0.05, 0) is 24.8 Å². The monoisotopic (exact) mass is 155 g/mol. The summed E-state index contributed by atoms with van der Waals surface area (Å²) in [5.74, 6) is -0.339. The molecule has 1 aliphatic carbocycles. The van der Waals surface area contributed by atoms with Gasteiger partial charge in [-0.3, -0.25) is 4.79 Å². The molecule has 0 aromatic rings. The molecule has 0 spiro atoms. The van der Waals surface area contributed by atoms with Gasteiger partial charge in [0, 0.05) is 4.91 Å². The number of Topliss-reactive ketones (excluding diaryl/α,β-unsaturated/α-hetero) is 1. The summed E-state index contributed by atoms with van der Waals surface area (Å²) in [5, 5.41) is 12.3. The number of nitrogens with zero attached hydrogens (tertiary/aromatic N) is 3. The van der Waals surface area contributed by atoms with Gasteiger partial charge in [-0.2, -0.15) is 0 Å². The lowest BCUT2D eigenvalue weighted by molar-refractivity contribution is -0.130. The van der Waals surface area contributed by atoms with E-state index in [0.29, 0.717) is 12.8 Å². The van der Waals surface area contributed by atoms with E-state index in [1.807, 2.05) is 0 Å². The second kappa shape index (κ2) is 3.37. The fraction of sp³-hybridized carbons (Fsp3) is 0.833. The molecule has 1 aliphatic rings. The molecular weight excluding hydrogens is 146 g/mol. The van der Waals surface area contributed by atoms with Gasteiger partial charge in [-0.1, -0.05) is 5.11 Å². The molecule has 0 aromatic heterocycles. The van der Waals surface area contributed by atoms with E-state index in [0.717, 1.165) is 6.42 Å². The van der Waals surface area contributed by atoms with Gasteiger partial charge < -0.3 is 5.11 Å². The molecule has 2 atom stereocenters. The van der Waals surface area contributed by atoms with Crippen LogP contribution in [-0.4, -0.2) is 23.0 Å². The van der Waals surface area contributed by atoms with Crippen LogP contribution in [0.25, 0.3) is 10.4 Å².